The first-order chi connectivity index (χ1) is 9.08. The molecule has 0 radical (unpaired) electrons. The number of aliphatic hydroxyl groups is 1. The maximum absolute atomic E-state index is 12.0. The van der Waals surface area contributed by atoms with Crippen LogP contribution in [-0.4, -0.2) is 51.3 Å². The first-order valence-electron chi connectivity index (χ1n) is 6.00. The smallest absolute Gasteiger partial charge is 0.356 e. The second-order valence-corrected chi connectivity index (χ2v) is 4.35. The molecule has 1 aromatic rings. The number of hydrogen-bond acceptors (Lipinski definition) is 4. The van der Waals surface area contributed by atoms with Gasteiger partial charge in [0.05, 0.1) is 11.8 Å². The number of carbonyl (C=O) groups is 2. The van der Waals surface area contributed by atoms with Gasteiger partial charge in [-0.2, -0.15) is 0 Å². The lowest BCUT2D eigenvalue weighted by atomic mass is 10.1. The lowest BCUT2D eigenvalue weighted by molar-refractivity contribution is 0.0691. The van der Waals surface area contributed by atoms with Gasteiger partial charge in [0.15, 0.2) is 5.69 Å². The maximum Gasteiger partial charge on any atom is 0.356 e. The van der Waals surface area contributed by atoms with Crippen LogP contribution in [0.25, 0.3) is 0 Å². The number of piperidine rings is 1. The van der Waals surface area contributed by atoms with Crippen LogP contribution in [0, 0.1) is 0 Å². The number of aromatic carboxylic acids is 1. The normalized spacial score (nSPS) is 16.2. The number of hydrogen-bond donors (Lipinski definition) is 3. The Bertz CT molecular complexity index is 484. The highest BCUT2D eigenvalue weighted by atomic mass is 16.4. The minimum atomic E-state index is -1.19. The Morgan fingerprint density at radius 1 is 1.37 bits per heavy atom. The number of rotatable bonds is 2. The Labute approximate surface area is 109 Å². The van der Waals surface area contributed by atoms with Crippen LogP contribution in [0.5, 0.6) is 0 Å². The fourth-order valence-corrected chi connectivity index (χ4v) is 1.94. The molecule has 1 aliphatic heterocycles. The van der Waals surface area contributed by atoms with Crippen molar-refractivity contribution in [3.05, 3.63) is 24.0 Å². The van der Waals surface area contributed by atoms with Crippen LogP contribution in [0.15, 0.2) is 18.3 Å². The summed E-state index contributed by atoms with van der Waals surface area (Å²) in [5, 5.41) is 20.9. The molecule has 7 nitrogen and oxygen atoms in total. The average molecular weight is 265 g/mol. The van der Waals surface area contributed by atoms with E-state index < -0.39 is 5.97 Å². The number of aliphatic hydroxyl groups excluding tert-OH is 1. The molecule has 2 heterocycles. The number of pyridine rings is 1. The monoisotopic (exact) mass is 265 g/mol. The topological polar surface area (TPSA) is 103 Å². The second kappa shape index (κ2) is 5.66. The largest absolute Gasteiger partial charge is 0.476 e. The predicted octanol–water partition coefficient (Wildman–Crippen LogP) is 0.768. The van der Waals surface area contributed by atoms with Gasteiger partial charge >= 0.3 is 12.0 Å². The molecule has 1 saturated heterocycles. The SMILES string of the molecule is O=C(O)c1ncccc1NC(=O)N1CCC(O)CC1. The van der Waals surface area contributed by atoms with Gasteiger partial charge in [0, 0.05) is 19.3 Å². The summed E-state index contributed by atoms with van der Waals surface area (Å²) in [4.78, 5) is 28.2. The molecule has 0 bridgehead atoms. The van der Waals surface area contributed by atoms with E-state index in [1.165, 1.54) is 12.3 Å². The maximum atomic E-state index is 12.0. The van der Waals surface area contributed by atoms with E-state index in [2.05, 4.69) is 10.3 Å². The van der Waals surface area contributed by atoms with E-state index >= 15 is 0 Å². The molecule has 1 aromatic heterocycles. The van der Waals surface area contributed by atoms with Gasteiger partial charge in [-0.3, -0.25) is 0 Å². The van der Waals surface area contributed by atoms with Crippen molar-refractivity contribution >= 4 is 17.7 Å². The highest BCUT2D eigenvalue weighted by Gasteiger charge is 2.22. The number of nitrogens with one attached hydrogen (secondary N) is 1. The van der Waals surface area contributed by atoms with E-state index in [-0.39, 0.29) is 23.5 Å². The van der Waals surface area contributed by atoms with Gasteiger partial charge in [0.25, 0.3) is 0 Å². The Morgan fingerprint density at radius 2 is 2.05 bits per heavy atom. The molecule has 2 amide bonds. The average Bonchev–Trinajstić information content (AvgIpc) is 2.39. The van der Waals surface area contributed by atoms with Gasteiger partial charge in [0.2, 0.25) is 0 Å². The number of nitrogens with zero attached hydrogens (tertiary/aromatic N) is 2. The Balaban J connectivity index is 2.05. The van der Waals surface area contributed by atoms with Gasteiger partial charge in [-0.05, 0) is 25.0 Å². The number of amides is 2. The molecule has 0 atom stereocenters. The van der Waals surface area contributed by atoms with E-state index in [0.717, 1.165) is 0 Å². The summed E-state index contributed by atoms with van der Waals surface area (Å²) in [5.41, 5.74) is -0.0148. The van der Waals surface area contributed by atoms with Crippen molar-refractivity contribution in [2.45, 2.75) is 18.9 Å². The van der Waals surface area contributed by atoms with Gasteiger partial charge in [-0.15, -0.1) is 0 Å². The first kappa shape index (κ1) is 13.3. The van der Waals surface area contributed by atoms with Crippen molar-refractivity contribution in [2.75, 3.05) is 18.4 Å². The molecule has 0 saturated carbocycles. The van der Waals surface area contributed by atoms with E-state index in [0.29, 0.717) is 25.9 Å². The van der Waals surface area contributed by atoms with Crippen LogP contribution in [0.2, 0.25) is 0 Å². The molecule has 0 spiro atoms. The number of anilines is 1. The van der Waals surface area contributed by atoms with E-state index in [1.54, 1.807) is 11.0 Å². The van der Waals surface area contributed by atoms with Gasteiger partial charge in [-0.25, -0.2) is 14.6 Å². The summed E-state index contributed by atoms with van der Waals surface area (Å²) in [6.45, 7) is 0.908. The van der Waals surface area contributed by atoms with Crippen LogP contribution in [0.4, 0.5) is 10.5 Å². The van der Waals surface area contributed by atoms with E-state index in [1.807, 2.05) is 0 Å². The highest BCUT2D eigenvalue weighted by molar-refractivity contribution is 5.98. The molecule has 102 valence electrons. The zero-order chi connectivity index (χ0) is 13.8. The summed E-state index contributed by atoms with van der Waals surface area (Å²) < 4.78 is 0. The summed E-state index contributed by atoms with van der Waals surface area (Å²) in [5.74, 6) is -1.19. The van der Waals surface area contributed by atoms with E-state index in [9.17, 15) is 14.7 Å². The predicted molar refractivity (Wildman–Crippen MR) is 67.0 cm³/mol. The molecule has 0 unspecified atom stereocenters. The second-order valence-electron chi connectivity index (χ2n) is 4.35. The van der Waals surface area contributed by atoms with Gasteiger partial charge in [0.1, 0.15) is 0 Å². The van der Waals surface area contributed by atoms with E-state index in [4.69, 9.17) is 5.11 Å². The van der Waals surface area contributed by atoms with Crippen molar-refractivity contribution in [3.63, 3.8) is 0 Å². The molecule has 0 aliphatic carbocycles. The minimum absolute atomic E-state index is 0.172. The van der Waals surface area contributed by atoms with Gasteiger partial charge < -0.3 is 20.4 Å². The van der Waals surface area contributed by atoms with Crippen LogP contribution >= 0.6 is 0 Å². The number of carbonyl (C=O) groups excluding carboxylic acids is 1. The molecule has 7 heteroatoms. The summed E-state index contributed by atoms with van der Waals surface area (Å²) in [7, 11) is 0. The quantitative estimate of drug-likeness (QED) is 0.732. The summed E-state index contributed by atoms with van der Waals surface area (Å²) >= 11 is 0. The summed E-state index contributed by atoms with van der Waals surface area (Å²) in [6, 6.07) is 2.68. The molecule has 1 fully saturated rings. The van der Waals surface area contributed by atoms with Crippen LogP contribution in [0.3, 0.4) is 0 Å². The molecule has 19 heavy (non-hydrogen) atoms. The highest BCUT2D eigenvalue weighted by Crippen LogP contribution is 2.15. The number of urea groups is 1. The Morgan fingerprint density at radius 3 is 2.68 bits per heavy atom. The molecule has 3 N–H and O–H groups in total. The number of likely N-dealkylation sites (tertiary alicyclic amines) is 1. The van der Waals surface area contributed by atoms with Crippen molar-refractivity contribution < 1.29 is 19.8 Å². The molecular weight excluding hydrogens is 250 g/mol. The lowest BCUT2D eigenvalue weighted by Gasteiger charge is -2.29. The number of aromatic nitrogens is 1. The Hall–Kier alpha value is -2.15. The summed E-state index contributed by atoms with van der Waals surface area (Å²) in [6.07, 6.45) is 2.06. The molecular formula is C12H15N3O4. The van der Waals surface area contributed by atoms with Crippen LogP contribution in [0.1, 0.15) is 23.3 Å². The number of carboxylic acids is 1. The zero-order valence-electron chi connectivity index (χ0n) is 10.2. The fourth-order valence-electron chi connectivity index (χ4n) is 1.94. The van der Waals surface area contributed by atoms with Crippen molar-refractivity contribution in [3.8, 4) is 0 Å². The Kier molecular flexibility index (Phi) is 3.96. The standard InChI is InChI=1S/C12H15N3O4/c16-8-3-6-15(7-4-8)12(19)14-9-2-1-5-13-10(9)11(17)18/h1-2,5,8,16H,3-4,6-7H2,(H,14,19)(H,17,18). The molecule has 0 aromatic carbocycles. The third-order valence-corrected chi connectivity index (χ3v) is 3.00. The van der Waals surface area contributed by atoms with Gasteiger partial charge in [-0.1, -0.05) is 0 Å². The van der Waals surface area contributed by atoms with Crippen LogP contribution in [-0.2, 0) is 0 Å². The first-order valence-corrected chi connectivity index (χ1v) is 6.00. The van der Waals surface area contributed by atoms with Crippen molar-refractivity contribution in [2.24, 2.45) is 0 Å². The fraction of sp³-hybridized carbons (Fsp3) is 0.417. The van der Waals surface area contributed by atoms with Crippen molar-refractivity contribution in [1.82, 2.24) is 9.88 Å². The zero-order valence-corrected chi connectivity index (χ0v) is 10.2. The number of carboxylic acid groups (broad SMARTS) is 1. The van der Waals surface area contributed by atoms with Crippen molar-refractivity contribution in [1.29, 1.82) is 0 Å². The lowest BCUT2D eigenvalue weighted by Crippen LogP contribution is -2.42. The molecule has 2 rings (SSSR count). The minimum Gasteiger partial charge on any atom is -0.476 e. The third kappa shape index (κ3) is 3.19. The molecule has 1 aliphatic rings. The van der Waals surface area contributed by atoms with Crippen LogP contribution < -0.4 is 5.32 Å². The third-order valence-electron chi connectivity index (χ3n) is 3.00.